The van der Waals surface area contributed by atoms with Crippen LogP contribution in [0.25, 0.3) is 10.8 Å². The fourth-order valence-corrected chi connectivity index (χ4v) is 4.15. The van der Waals surface area contributed by atoms with E-state index in [0.717, 1.165) is 33.7 Å². The summed E-state index contributed by atoms with van der Waals surface area (Å²) in [4.78, 5) is 35.4. The van der Waals surface area contributed by atoms with E-state index in [4.69, 9.17) is 0 Å². The smallest absolute Gasteiger partial charge is 0.286 e. The third-order valence-electron chi connectivity index (χ3n) is 4.66. The summed E-state index contributed by atoms with van der Waals surface area (Å²) in [6.45, 7) is 0. The van der Waals surface area contributed by atoms with Crippen molar-refractivity contribution in [2.24, 2.45) is 0 Å². The quantitative estimate of drug-likeness (QED) is 0.693. The van der Waals surface area contributed by atoms with Crippen LogP contribution in [0.1, 0.15) is 11.1 Å². The Kier molecular flexibility index (Phi) is 5.12. The first-order chi connectivity index (χ1) is 13.6. The molecule has 0 radical (unpaired) electrons. The zero-order valence-corrected chi connectivity index (χ0v) is 15.8. The van der Waals surface area contributed by atoms with Crippen molar-refractivity contribution >= 4 is 45.3 Å². The molecule has 2 N–H and O–H groups in total. The predicted octanol–water partition coefficient (Wildman–Crippen LogP) is 3.92. The van der Waals surface area contributed by atoms with Crippen LogP contribution in [0.5, 0.6) is 0 Å². The summed E-state index contributed by atoms with van der Waals surface area (Å²) < 4.78 is 0. The van der Waals surface area contributed by atoms with E-state index in [-0.39, 0.29) is 22.3 Å². The van der Waals surface area contributed by atoms with Crippen LogP contribution < -0.4 is 10.6 Å². The minimum atomic E-state index is -0.390. The molecule has 28 heavy (non-hydrogen) atoms. The van der Waals surface area contributed by atoms with E-state index in [2.05, 4.69) is 10.6 Å². The summed E-state index contributed by atoms with van der Waals surface area (Å²) in [6.07, 6.45) is 0.774. The Labute approximate surface area is 166 Å². The van der Waals surface area contributed by atoms with Gasteiger partial charge in [0, 0.05) is 5.69 Å². The second-order valence-electron chi connectivity index (χ2n) is 6.65. The molecule has 0 saturated carbocycles. The number of anilines is 1. The number of carbonyl (C=O) groups is 3. The number of carbonyl (C=O) groups excluding carboxylic acids is 3. The van der Waals surface area contributed by atoms with Gasteiger partial charge in [-0.25, -0.2) is 0 Å². The van der Waals surface area contributed by atoms with Gasteiger partial charge in [0.25, 0.3) is 5.24 Å². The lowest BCUT2D eigenvalue weighted by Gasteiger charge is -2.09. The van der Waals surface area contributed by atoms with Gasteiger partial charge in [-0.05, 0) is 40.5 Å². The molecule has 6 heteroatoms. The monoisotopic (exact) mass is 390 g/mol. The van der Waals surface area contributed by atoms with Crippen molar-refractivity contribution in [3.63, 3.8) is 0 Å². The predicted molar refractivity (Wildman–Crippen MR) is 111 cm³/mol. The van der Waals surface area contributed by atoms with E-state index in [9.17, 15) is 14.4 Å². The van der Waals surface area contributed by atoms with Crippen molar-refractivity contribution in [3.8, 4) is 0 Å². The molecule has 0 aliphatic carbocycles. The van der Waals surface area contributed by atoms with Gasteiger partial charge in [-0.2, -0.15) is 0 Å². The Balaban J connectivity index is 1.39. The zero-order valence-electron chi connectivity index (χ0n) is 15.0. The minimum Gasteiger partial charge on any atom is -0.326 e. The van der Waals surface area contributed by atoms with Gasteiger partial charge in [0.2, 0.25) is 11.8 Å². The highest BCUT2D eigenvalue weighted by Crippen LogP contribution is 2.24. The maximum atomic E-state index is 12.5. The van der Waals surface area contributed by atoms with E-state index in [1.54, 1.807) is 0 Å². The van der Waals surface area contributed by atoms with E-state index >= 15 is 0 Å². The van der Waals surface area contributed by atoms with E-state index in [1.807, 2.05) is 66.7 Å². The highest BCUT2D eigenvalue weighted by Gasteiger charge is 2.31. The molecule has 0 spiro atoms. The topological polar surface area (TPSA) is 75.3 Å². The van der Waals surface area contributed by atoms with Gasteiger partial charge >= 0.3 is 0 Å². The molecule has 3 amide bonds. The number of benzene rings is 3. The van der Waals surface area contributed by atoms with Crippen molar-refractivity contribution < 1.29 is 14.4 Å². The molecule has 3 aromatic rings. The standard InChI is InChI=1S/C22H18N2O3S/c25-20(13-16-6-3-5-15-4-1-2-7-18(15)16)23-17-10-8-14(9-11-17)12-19-21(26)24-22(27)28-19/h1-11,19H,12-13H2,(H,23,25)(H,24,26,27). The summed E-state index contributed by atoms with van der Waals surface area (Å²) in [5.74, 6) is -0.331. The van der Waals surface area contributed by atoms with Crippen molar-refractivity contribution in [1.29, 1.82) is 0 Å². The number of fused-ring (bicyclic) bond motifs is 1. The van der Waals surface area contributed by atoms with Gasteiger partial charge in [-0.15, -0.1) is 0 Å². The second kappa shape index (κ2) is 7.86. The van der Waals surface area contributed by atoms with Gasteiger partial charge in [0.05, 0.1) is 11.7 Å². The molecule has 5 nitrogen and oxygen atoms in total. The Bertz CT molecular complexity index is 1060. The SMILES string of the molecule is O=C(Cc1cccc2ccccc12)Nc1ccc(CC2SC(=O)NC2=O)cc1. The Morgan fingerprint density at radius 3 is 2.46 bits per heavy atom. The zero-order chi connectivity index (χ0) is 19.5. The lowest BCUT2D eigenvalue weighted by molar-refractivity contribution is -0.119. The highest BCUT2D eigenvalue weighted by molar-refractivity contribution is 8.15. The highest BCUT2D eigenvalue weighted by atomic mass is 32.2. The first-order valence-corrected chi connectivity index (χ1v) is 9.83. The van der Waals surface area contributed by atoms with Crippen LogP contribution >= 0.6 is 11.8 Å². The number of hydrogen-bond donors (Lipinski definition) is 2. The van der Waals surface area contributed by atoms with Gasteiger partial charge in [0.1, 0.15) is 0 Å². The van der Waals surface area contributed by atoms with E-state index in [1.165, 1.54) is 0 Å². The minimum absolute atomic E-state index is 0.0829. The molecule has 1 fully saturated rings. The number of amides is 3. The van der Waals surface area contributed by atoms with Crippen LogP contribution in [0.3, 0.4) is 0 Å². The Hall–Kier alpha value is -3.12. The van der Waals surface area contributed by atoms with Gasteiger partial charge in [-0.1, -0.05) is 66.4 Å². The fraction of sp³-hybridized carbons (Fsp3) is 0.136. The normalized spacial score (nSPS) is 16.2. The second-order valence-corrected chi connectivity index (χ2v) is 7.82. The lowest BCUT2D eigenvalue weighted by atomic mass is 10.0. The van der Waals surface area contributed by atoms with Crippen LogP contribution in [0.15, 0.2) is 66.7 Å². The van der Waals surface area contributed by atoms with E-state index in [0.29, 0.717) is 18.5 Å². The molecular formula is C22H18N2O3S. The molecule has 0 bridgehead atoms. The third-order valence-corrected chi connectivity index (χ3v) is 5.64. The van der Waals surface area contributed by atoms with Crippen molar-refractivity contribution in [1.82, 2.24) is 5.32 Å². The molecule has 1 aliphatic rings. The first-order valence-electron chi connectivity index (χ1n) is 8.95. The molecule has 0 aromatic heterocycles. The molecule has 4 rings (SSSR count). The maximum absolute atomic E-state index is 12.5. The van der Waals surface area contributed by atoms with Crippen LogP contribution in [-0.2, 0) is 22.4 Å². The molecule has 1 saturated heterocycles. The molecule has 1 heterocycles. The van der Waals surface area contributed by atoms with Crippen LogP contribution in [0.2, 0.25) is 0 Å². The fourth-order valence-electron chi connectivity index (χ4n) is 3.29. The third kappa shape index (κ3) is 4.07. The molecular weight excluding hydrogens is 372 g/mol. The van der Waals surface area contributed by atoms with Gasteiger partial charge in [-0.3, -0.25) is 19.7 Å². The van der Waals surface area contributed by atoms with E-state index < -0.39 is 0 Å². The van der Waals surface area contributed by atoms with Crippen molar-refractivity contribution in [2.45, 2.75) is 18.1 Å². The largest absolute Gasteiger partial charge is 0.326 e. The van der Waals surface area contributed by atoms with Crippen molar-refractivity contribution in [2.75, 3.05) is 5.32 Å². The van der Waals surface area contributed by atoms with Crippen LogP contribution in [-0.4, -0.2) is 22.3 Å². The van der Waals surface area contributed by atoms with Crippen LogP contribution in [0.4, 0.5) is 10.5 Å². The summed E-state index contributed by atoms with van der Waals surface area (Å²) in [5, 5.41) is 6.71. The molecule has 1 unspecified atom stereocenters. The summed E-state index contributed by atoms with van der Waals surface area (Å²) >= 11 is 1.02. The summed E-state index contributed by atoms with van der Waals surface area (Å²) in [5.41, 5.74) is 2.63. The molecule has 3 aromatic carbocycles. The number of imide groups is 1. The Morgan fingerprint density at radius 1 is 0.964 bits per heavy atom. The summed E-state index contributed by atoms with van der Waals surface area (Å²) in [6, 6.07) is 21.3. The van der Waals surface area contributed by atoms with Gasteiger partial charge < -0.3 is 5.32 Å². The average molecular weight is 390 g/mol. The summed E-state index contributed by atoms with van der Waals surface area (Å²) in [7, 11) is 0. The number of rotatable bonds is 5. The number of thioether (sulfide) groups is 1. The number of hydrogen-bond acceptors (Lipinski definition) is 4. The first kappa shape index (κ1) is 18.3. The Morgan fingerprint density at radius 2 is 1.71 bits per heavy atom. The molecule has 1 aliphatic heterocycles. The molecule has 1 atom stereocenters. The van der Waals surface area contributed by atoms with Gasteiger partial charge in [0.15, 0.2) is 0 Å². The van der Waals surface area contributed by atoms with Crippen LogP contribution in [0, 0.1) is 0 Å². The lowest BCUT2D eigenvalue weighted by Crippen LogP contribution is -2.25. The average Bonchev–Trinajstić information content (AvgIpc) is 3.00. The maximum Gasteiger partial charge on any atom is 0.286 e. The number of nitrogens with one attached hydrogen (secondary N) is 2. The molecule has 140 valence electrons. The van der Waals surface area contributed by atoms with Crippen molar-refractivity contribution in [3.05, 3.63) is 77.9 Å².